The zero-order chi connectivity index (χ0) is 20.5. The number of hydrogen-bond donors (Lipinski definition) is 0. The predicted molar refractivity (Wildman–Crippen MR) is 122 cm³/mol. The molecule has 0 radical (unpaired) electrons. The lowest BCUT2D eigenvalue weighted by atomic mass is 10.2. The Morgan fingerprint density at radius 3 is 2.80 bits per heavy atom. The third-order valence-electron chi connectivity index (χ3n) is 5.27. The van der Waals surface area contributed by atoms with Crippen molar-refractivity contribution in [2.45, 2.75) is 4.90 Å². The molecule has 2 aliphatic rings. The summed E-state index contributed by atoms with van der Waals surface area (Å²) in [6, 6.07) is 12.0. The Bertz CT molecular complexity index is 1120. The number of hydrogen-bond acceptors (Lipinski definition) is 7. The first-order valence-corrected chi connectivity index (χ1v) is 11.8. The number of para-hydroxylation sites is 1. The van der Waals surface area contributed by atoms with Crippen molar-refractivity contribution in [3.05, 3.63) is 48.0 Å². The van der Waals surface area contributed by atoms with E-state index in [2.05, 4.69) is 29.4 Å². The second kappa shape index (κ2) is 8.20. The lowest BCUT2D eigenvalue weighted by Crippen LogP contribution is -2.48. The first kappa shape index (κ1) is 19.3. The standard InChI is InChI=1S/C22H21N3O3S2/c1-29-18-3-2-4-19-21(18)23-22(30-19)25-11-9-24(10-12-25)20(26)8-6-15-5-7-16-17(13-15)28-14-27-16/h2-8,13H,9-12,14H2,1H3. The van der Waals surface area contributed by atoms with Crippen LogP contribution in [0.4, 0.5) is 5.13 Å². The van der Waals surface area contributed by atoms with Gasteiger partial charge in [-0.3, -0.25) is 4.79 Å². The molecule has 8 heteroatoms. The van der Waals surface area contributed by atoms with Crippen LogP contribution in [0.25, 0.3) is 16.3 Å². The monoisotopic (exact) mass is 439 g/mol. The fourth-order valence-corrected chi connectivity index (χ4v) is 5.29. The molecule has 1 amide bonds. The van der Waals surface area contributed by atoms with Crippen LogP contribution in [-0.4, -0.2) is 55.0 Å². The number of carbonyl (C=O) groups excluding carboxylic acids is 1. The van der Waals surface area contributed by atoms with E-state index in [-0.39, 0.29) is 12.7 Å². The molecule has 30 heavy (non-hydrogen) atoms. The number of amides is 1. The lowest BCUT2D eigenvalue weighted by Gasteiger charge is -2.34. The van der Waals surface area contributed by atoms with E-state index in [0.717, 1.165) is 40.8 Å². The van der Waals surface area contributed by atoms with Crippen LogP contribution < -0.4 is 14.4 Å². The predicted octanol–water partition coefficient (Wildman–Crippen LogP) is 4.11. The van der Waals surface area contributed by atoms with Crippen LogP contribution in [0.5, 0.6) is 11.5 Å². The van der Waals surface area contributed by atoms with Crippen molar-refractivity contribution in [3.8, 4) is 11.5 Å². The summed E-state index contributed by atoms with van der Waals surface area (Å²) in [4.78, 5) is 22.9. The van der Waals surface area contributed by atoms with Gasteiger partial charge in [-0.05, 0) is 42.2 Å². The summed E-state index contributed by atoms with van der Waals surface area (Å²) < 4.78 is 11.9. The molecule has 5 rings (SSSR count). The summed E-state index contributed by atoms with van der Waals surface area (Å²) >= 11 is 3.45. The van der Waals surface area contributed by atoms with Crippen LogP contribution in [0, 0.1) is 0 Å². The van der Waals surface area contributed by atoms with E-state index < -0.39 is 0 Å². The topological polar surface area (TPSA) is 54.9 Å². The number of thioether (sulfide) groups is 1. The van der Waals surface area contributed by atoms with Gasteiger partial charge >= 0.3 is 0 Å². The summed E-state index contributed by atoms with van der Waals surface area (Å²) in [6.07, 6.45) is 5.54. The van der Waals surface area contributed by atoms with Gasteiger partial charge in [0.15, 0.2) is 16.6 Å². The van der Waals surface area contributed by atoms with E-state index in [1.165, 1.54) is 9.60 Å². The maximum Gasteiger partial charge on any atom is 0.246 e. The normalized spacial score (nSPS) is 16.0. The second-order valence-electron chi connectivity index (χ2n) is 7.06. The molecule has 0 atom stereocenters. The number of piperazine rings is 1. The molecule has 3 aromatic rings. The Labute approximate surface area is 183 Å². The fraction of sp³-hybridized carbons (Fsp3) is 0.273. The maximum atomic E-state index is 12.6. The van der Waals surface area contributed by atoms with Crippen LogP contribution in [-0.2, 0) is 4.79 Å². The molecule has 154 valence electrons. The Hall–Kier alpha value is -2.71. The van der Waals surface area contributed by atoms with Gasteiger partial charge in [0.2, 0.25) is 12.7 Å². The summed E-state index contributed by atoms with van der Waals surface area (Å²) in [7, 11) is 0. The zero-order valence-electron chi connectivity index (χ0n) is 16.5. The molecule has 2 aromatic carbocycles. The number of fused-ring (bicyclic) bond motifs is 2. The highest BCUT2D eigenvalue weighted by Crippen LogP contribution is 2.35. The fourth-order valence-electron chi connectivity index (χ4n) is 3.62. The first-order valence-electron chi connectivity index (χ1n) is 9.76. The minimum Gasteiger partial charge on any atom is -0.454 e. The maximum absolute atomic E-state index is 12.6. The van der Waals surface area contributed by atoms with Crippen molar-refractivity contribution in [1.82, 2.24) is 9.88 Å². The van der Waals surface area contributed by atoms with Crippen molar-refractivity contribution in [3.63, 3.8) is 0 Å². The van der Waals surface area contributed by atoms with E-state index in [4.69, 9.17) is 14.5 Å². The van der Waals surface area contributed by atoms with Gasteiger partial charge < -0.3 is 19.3 Å². The van der Waals surface area contributed by atoms with Crippen molar-refractivity contribution < 1.29 is 14.3 Å². The van der Waals surface area contributed by atoms with Crippen LogP contribution >= 0.6 is 23.1 Å². The molecule has 3 heterocycles. The SMILES string of the molecule is CSc1cccc2sc(N3CCN(C(=O)C=Cc4ccc5c(c4)OCO5)CC3)nc12. The van der Waals surface area contributed by atoms with Crippen molar-refractivity contribution in [2.75, 3.05) is 44.1 Å². The number of nitrogens with zero attached hydrogens (tertiary/aromatic N) is 3. The van der Waals surface area contributed by atoms with Gasteiger partial charge in [-0.1, -0.05) is 23.5 Å². The van der Waals surface area contributed by atoms with Crippen LogP contribution in [0.15, 0.2) is 47.4 Å². The summed E-state index contributed by atoms with van der Waals surface area (Å²) in [5.74, 6) is 1.49. The molecule has 0 unspecified atom stereocenters. The third-order valence-corrected chi connectivity index (χ3v) is 7.12. The summed E-state index contributed by atoms with van der Waals surface area (Å²) in [5, 5.41) is 1.04. The van der Waals surface area contributed by atoms with E-state index >= 15 is 0 Å². The number of benzene rings is 2. The van der Waals surface area contributed by atoms with Crippen LogP contribution in [0.2, 0.25) is 0 Å². The van der Waals surface area contributed by atoms with Gasteiger partial charge in [-0.25, -0.2) is 4.98 Å². The van der Waals surface area contributed by atoms with Crippen molar-refractivity contribution >= 4 is 50.4 Å². The number of carbonyl (C=O) groups is 1. The average molecular weight is 440 g/mol. The Kier molecular flexibility index (Phi) is 5.26. The molecular formula is C22H21N3O3S2. The van der Waals surface area contributed by atoms with Crippen LogP contribution in [0.1, 0.15) is 5.56 Å². The molecule has 0 bridgehead atoms. The molecule has 6 nitrogen and oxygen atoms in total. The Morgan fingerprint density at radius 1 is 1.13 bits per heavy atom. The largest absolute Gasteiger partial charge is 0.454 e. The van der Waals surface area contributed by atoms with E-state index in [1.54, 1.807) is 29.2 Å². The summed E-state index contributed by atoms with van der Waals surface area (Å²) in [6.45, 7) is 3.21. The second-order valence-corrected chi connectivity index (χ2v) is 8.92. The smallest absolute Gasteiger partial charge is 0.246 e. The number of anilines is 1. The first-order chi connectivity index (χ1) is 14.7. The molecule has 2 aliphatic heterocycles. The van der Waals surface area contributed by atoms with Crippen LogP contribution in [0.3, 0.4) is 0 Å². The highest BCUT2D eigenvalue weighted by Gasteiger charge is 2.22. The zero-order valence-corrected chi connectivity index (χ0v) is 18.2. The molecule has 0 N–H and O–H groups in total. The minimum absolute atomic E-state index is 0.0290. The van der Waals surface area contributed by atoms with Crippen molar-refractivity contribution in [1.29, 1.82) is 0 Å². The highest BCUT2D eigenvalue weighted by molar-refractivity contribution is 7.98. The minimum atomic E-state index is 0.0290. The van der Waals surface area contributed by atoms with Gasteiger partial charge in [0, 0.05) is 37.2 Å². The third kappa shape index (κ3) is 3.73. The summed E-state index contributed by atoms with van der Waals surface area (Å²) in [5.41, 5.74) is 2.00. The Balaban J connectivity index is 1.22. The van der Waals surface area contributed by atoms with E-state index in [1.807, 2.05) is 29.2 Å². The van der Waals surface area contributed by atoms with Gasteiger partial charge in [-0.15, -0.1) is 11.8 Å². The quantitative estimate of drug-likeness (QED) is 0.451. The van der Waals surface area contributed by atoms with E-state index in [9.17, 15) is 4.79 Å². The Morgan fingerprint density at radius 2 is 1.97 bits per heavy atom. The molecule has 0 aliphatic carbocycles. The van der Waals surface area contributed by atoms with Gasteiger partial charge in [-0.2, -0.15) is 0 Å². The van der Waals surface area contributed by atoms with E-state index in [0.29, 0.717) is 13.1 Å². The molecule has 0 saturated carbocycles. The van der Waals surface area contributed by atoms with Gasteiger partial charge in [0.05, 0.1) is 10.2 Å². The number of aromatic nitrogens is 1. The van der Waals surface area contributed by atoms with Gasteiger partial charge in [0.1, 0.15) is 0 Å². The molecule has 1 fully saturated rings. The number of thiazole rings is 1. The number of ether oxygens (including phenoxy) is 2. The molecular weight excluding hydrogens is 418 g/mol. The molecule has 1 aromatic heterocycles. The van der Waals surface area contributed by atoms with Gasteiger partial charge in [0.25, 0.3) is 0 Å². The van der Waals surface area contributed by atoms with Crippen molar-refractivity contribution in [2.24, 2.45) is 0 Å². The molecule has 0 spiro atoms. The molecule has 1 saturated heterocycles. The lowest BCUT2D eigenvalue weighted by molar-refractivity contribution is -0.126. The average Bonchev–Trinajstić information content (AvgIpc) is 3.43. The number of rotatable bonds is 4. The highest BCUT2D eigenvalue weighted by atomic mass is 32.2.